The number of carboxylic acid groups (broad SMARTS) is 1. The van der Waals surface area contributed by atoms with Gasteiger partial charge in [-0.05, 0) is 44.0 Å². The summed E-state index contributed by atoms with van der Waals surface area (Å²) in [6, 6.07) is 8.58. The lowest BCUT2D eigenvalue weighted by molar-refractivity contribution is -0.137. The number of nitrogens with zero attached hydrogens (tertiary/aromatic N) is 1. The van der Waals surface area contributed by atoms with Crippen LogP contribution in [0.3, 0.4) is 0 Å². The van der Waals surface area contributed by atoms with Crippen LogP contribution in [-0.2, 0) is 9.53 Å². The van der Waals surface area contributed by atoms with E-state index in [4.69, 9.17) is 9.84 Å². The lowest BCUT2D eigenvalue weighted by Gasteiger charge is -2.39. The van der Waals surface area contributed by atoms with Crippen LogP contribution in [0.15, 0.2) is 28.7 Å². The number of halogens is 1. The van der Waals surface area contributed by atoms with Crippen molar-refractivity contribution in [2.75, 3.05) is 19.7 Å². The van der Waals surface area contributed by atoms with Crippen molar-refractivity contribution in [3.8, 4) is 0 Å². The van der Waals surface area contributed by atoms with E-state index in [0.717, 1.165) is 37.0 Å². The van der Waals surface area contributed by atoms with Crippen LogP contribution in [-0.4, -0.2) is 41.7 Å². The molecule has 0 spiro atoms. The summed E-state index contributed by atoms with van der Waals surface area (Å²) in [6.07, 6.45) is 2.01. The molecule has 116 valence electrons. The molecular weight excluding hydrogens is 334 g/mol. The van der Waals surface area contributed by atoms with E-state index in [1.165, 1.54) is 5.56 Å². The third kappa shape index (κ3) is 4.80. The topological polar surface area (TPSA) is 49.8 Å². The molecular formula is C16H22BrNO3. The van der Waals surface area contributed by atoms with Gasteiger partial charge in [0.1, 0.15) is 0 Å². The average molecular weight is 356 g/mol. The minimum absolute atomic E-state index is 0.0892. The highest BCUT2D eigenvalue weighted by Crippen LogP contribution is 2.29. The van der Waals surface area contributed by atoms with Crippen molar-refractivity contribution in [2.24, 2.45) is 0 Å². The Morgan fingerprint density at radius 1 is 1.38 bits per heavy atom. The molecule has 1 N–H and O–H groups in total. The van der Waals surface area contributed by atoms with Crippen molar-refractivity contribution in [1.29, 1.82) is 0 Å². The standard InChI is InChI=1S/C16H22BrNO3/c1-12-16(13-5-7-14(17)8-6-13)21-11-10-18(12)9-3-2-4-15(19)20/h5-8,12,16H,2-4,9-11H2,1H3,(H,19,20). The number of benzene rings is 1. The van der Waals surface area contributed by atoms with Gasteiger partial charge in [0.2, 0.25) is 0 Å². The number of morpholine rings is 1. The number of carbonyl (C=O) groups is 1. The summed E-state index contributed by atoms with van der Waals surface area (Å²) in [5.74, 6) is -0.710. The first-order valence-corrected chi connectivity index (χ1v) is 8.20. The molecule has 2 rings (SSSR count). The molecule has 1 aliphatic rings. The Kier molecular flexibility index (Phi) is 6.21. The summed E-state index contributed by atoms with van der Waals surface area (Å²) < 4.78 is 7.01. The van der Waals surface area contributed by atoms with E-state index in [9.17, 15) is 4.79 Å². The molecule has 0 radical (unpaired) electrons. The number of hydrogen-bond acceptors (Lipinski definition) is 3. The van der Waals surface area contributed by atoms with E-state index < -0.39 is 5.97 Å². The zero-order valence-electron chi connectivity index (χ0n) is 12.3. The lowest BCUT2D eigenvalue weighted by atomic mass is 10.0. The van der Waals surface area contributed by atoms with Crippen LogP contribution in [0.25, 0.3) is 0 Å². The molecule has 1 aliphatic heterocycles. The Hall–Kier alpha value is -0.910. The zero-order valence-corrected chi connectivity index (χ0v) is 13.9. The van der Waals surface area contributed by atoms with Crippen molar-refractivity contribution in [3.63, 3.8) is 0 Å². The van der Waals surface area contributed by atoms with Gasteiger partial charge < -0.3 is 9.84 Å². The van der Waals surface area contributed by atoms with Crippen molar-refractivity contribution < 1.29 is 14.6 Å². The summed E-state index contributed by atoms with van der Waals surface area (Å²) in [7, 11) is 0. The molecule has 21 heavy (non-hydrogen) atoms. The van der Waals surface area contributed by atoms with Crippen molar-refractivity contribution in [2.45, 2.75) is 38.3 Å². The van der Waals surface area contributed by atoms with Gasteiger partial charge in [-0.15, -0.1) is 0 Å². The predicted molar refractivity (Wildman–Crippen MR) is 85.4 cm³/mol. The molecule has 0 aromatic heterocycles. The third-order valence-corrected chi connectivity index (χ3v) is 4.50. The molecule has 1 fully saturated rings. The van der Waals surface area contributed by atoms with Gasteiger partial charge in [0, 0.05) is 23.5 Å². The van der Waals surface area contributed by atoms with Crippen LogP contribution >= 0.6 is 15.9 Å². The van der Waals surface area contributed by atoms with Gasteiger partial charge in [-0.1, -0.05) is 28.1 Å². The first-order chi connectivity index (χ1) is 10.1. The van der Waals surface area contributed by atoms with Crippen LogP contribution in [0.5, 0.6) is 0 Å². The van der Waals surface area contributed by atoms with E-state index >= 15 is 0 Å². The number of rotatable bonds is 6. The van der Waals surface area contributed by atoms with Gasteiger partial charge in [-0.3, -0.25) is 9.69 Å². The number of carboxylic acids is 1. The lowest BCUT2D eigenvalue weighted by Crippen LogP contribution is -2.45. The van der Waals surface area contributed by atoms with Crippen molar-refractivity contribution in [1.82, 2.24) is 4.90 Å². The molecule has 1 aromatic rings. The molecule has 0 bridgehead atoms. The van der Waals surface area contributed by atoms with E-state index in [1.807, 2.05) is 12.1 Å². The SMILES string of the molecule is CC1C(c2ccc(Br)cc2)OCCN1CCCCC(=O)O. The minimum atomic E-state index is -0.710. The molecule has 1 aromatic carbocycles. The van der Waals surface area contributed by atoms with Crippen LogP contribution < -0.4 is 0 Å². The van der Waals surface area contributed by atoms with Crippen LogP contribution in [0.2, 0.25) is 0 Å². The Morgan fingerprint density at radius 2 is 2.10 bits per heavy atom. The molecule has 0 amide bonds. The van der Waals surface area contributed by atoms with E-state index in [1.54, 1.807) is 0 Å². The van der Waals surface area contributed by atoms with Gasteiger partial charge in [0.05, 0.1) is 12.7 Å². The highest BCUT2D eigenvalue weighted by Gasteiger charge is 2.29. The summed E-state index contributed by atoms with van der Waals surface area (Å²) >= 11 is 3.45. The summed E-state index contributed by atoms with van der Waals surface area (Å²) in [5, 5.41) is 8.68. The van der Waals surface area contributed by atoms with E-state index in [2.05, 4.69) is 39.9 Å². The van der Waals surface area contributed by atoms with Gasteiger partial charge in [0.15, 0.2) is 0 Å². The van der Waals surface area contributed by atoms with Crippen LogP contribution in [0.1, 0.15) is 37.9 Å². The first kappa shape index (κ1) is 16.5. The highest BCUT2D eigenvalue weighted by atomic mass is 79.9. The van der Waals surface area contributed by atoms with Crippen LogP contribution in [0, 0.1) is 0 Å². The van der Waals surface area contributed by atoms with Crippen LogP contribution in [0.4, 0.5) is 0 Å². The quantitative estimate of drug-likeness (QED) is 0.793. The number of hydrogen-bond donors (Lipinski definition) is 1. The summed E-state index contributed by atoms with van der Waals surface area (Å²) in [4.78, 5) is 12.9. The highest BCUT2D eigenvalue weighted by molar-refractivity contribution is 9.10. The molecule has 4 nitrogen and oxygen atoms in total. The number of unbranched alkanes of at least 4 members (excludes halogenated alkanes) is 1. The molecule has 1 heterocycles. The van der Waals surface area contributed by atoms with Crippen molar-refractivity contribution >= 4 is 21.9 Å². The van der Waals surface area contributed by atoms with Gasteiger partial charge in [-0.2, -0.15) is 0 Å². The Bertz CT molecular complexity index is 463. The summed E-state index contributed by atoms with van der Waals surface area (Å²) in [5.41, 5.74) is 1.20. The van der Waals surface area contributed by atoms with Gasteiger partial charge in [-0.25, -0.2) is 0 Å². The molecule has 0 aliphatic carbocycles. The molecule has 5 heteroatoms. The molecule has 2 atom stereocenters. The maximum atomic E-state index is 10.5. The largest absolute Gasteiger partial charge is 0.481 e. The van der Waals surface area contributed by atoms with E-state index in [0.29, 0.717) is 6.04 Å². The average Bonchev–Trinajstić information content (AvgIpc) is 2.46. The fourth-order valence-electron chi connectivity index (χ4n) is 2.77. The fraction of sp³-hybridized carbons (Fsp3) is 0.562. The monoisotopic (exact) mass is 355 g/mol. The predicted octanol–water partition coefficient (Wildman–Crippen LogP) is 3.47. The normalized spacial score (nSPS) is 23.1. The smallest absolute Gasteiger partial charge is 0.303 e. The van der Waals surface area contributed by atoms with Gasteiger partial charge in [0.25, 0.3) is 0 Å². The van der Waals surface area contributed by atoms with Crippen molar-refractivity contribution in [3.05, 3.63) is 34.3 Å². The maximum absolute atomic E-state index is 10.5. The fourth-order valence-corrected chi connectivity index (χ4v) is 3.03. The number of aliphatic carboxylic acids is 1. The molecule has 1 saturated heterocycles. The summed E-state index contributed by atoms with van der Waals surface area (Å²) in [6.45, 7) is 4.76. The van der Waals surface area contributed by atoms with Gasteiger partial charge >= 0.3 is 5.97 Å². The Morgan fingerprint density at radius 3 is 2.76 bits per heavy atom. The zero-order chi connectivity index (χ0) is 15.2. The number of ether oxygens (including phenoxy) is 1. The third-order valence-electron chi connectivity index (χ3n) is 3.97. The maximum Gasteiger partial charge on any atom is 0.303 e. The Balaban J connectivity index is 1.90. The molecule has 0 saturated carbocycles. The Labute approximate surface area is 134 Å². The minimum Gasteiger partial charge on any atom is -0.481 e. The second-order valence-electron chi connectivity index (χ2n) is 5.47. The second-order valence-corrected chi connectivity index (χ2v) is 6.39. The van der Waals surface area contributed by atoms with E-state index in [-0.39, 0.29) is 12.5 Å². The second kappa shape index (κ2) is 7.92. The molecule has 2 unspecified atom stereocenters. The first-order valence-electron chi connectivity index (χ1n) is 7.41.